The molecule has 0 saturated heterocycles. The van der Waals surface area contributed by atoms with E-state index in [9.17, 15) is 0 Å². The maximum Gasteiger partial charge on any atom is 0.212 e. The lowest BCUT2D eigenvalue weighted by Crippen LogP contribution is -1.93. The number of para-hydroxylation sites is 1. The number of benzene rings is 1. The fraction of sp³-hybridized carbons (Fsp3) is 0. The molecule has 4 nitrogen and oxygen atoms in total. The molecule has 0 amide bonds. The van der Waals surface area contributed by atoms with Gasteiger partial charge in [-0.15, -0.1) is 0 Å². The van der Waals surface area contributed by atoms with Crippen LogP contribution in [-0.2, 0) is 0 Å². The lowest BCUT2D eigenvalue weighted by molar-refractivity contribution is 0.898. The van der Waals surface area contributed by atoms with Gasteiger partial charge < -0.3 is 5.73 Å². The molecule has 3 rings (SSSR count). The molecule has 1 aromatic carbocycles. The number of hydrogen-bond acceptors (Lipinski definition) is 4. The molecule has 3 aromatic rings. The zero-order chi connectivity index (χ0) is 10.3. The van der Waals surface area contributed by atoms with E-state index in [1.165, 1.54) is 11.3 Å². The van der Waals surface area contributed by atoms with Gasteiger partial charge >= 0.3 is 0 Å². The van der Waals surface area contributed by atoms with Crippen molar-refractivity contribution >= 4 is 27.2 Å². The molecule has 0 saturated carbocycles. The van der Waals surface area contributed by atoms with Gasteiger partial charge in [-0.1, -0.05) is 29.5 Å². The Hall–Kier alpha value is -1.88. The fourth-order valence-electron chi connectivity index (χ4n) is 1.50. The van der Waals surface area contributed by atoms with Crippen molar-refractivity contribution in [3.63, 3.8) is 0 Å². The standard InChI is InChI=1S/C10H8N4S/c11-9-6-12-10(15-9)14-8-4-2-1-3-7(8)5-13-14/h1-6H,11H2. The van der Waals surface area contributed by atoms with Gasteiger partial charge in [0.05, 0.1) is 17.9 Å². The quantitative estimate of drug-likeness (QED) is 0.677. The summed E-state index contributed by atoms with van der Waals surface area (Å²) in [5.74, 6) is 0. The zero-order valence-corrected chi connectivity index (χ0v) is 8.61. The third kappa shape index (κ3) is 1.28. The van der Waals surface area contributed by atoms with Crippen molar-refractivity contribution < 1.29 is 0 Å². The van der Waals surface area contributed by atoms with E-state index in [1.807, 2.05) is 30.5 Å². The van der Waals surface area contributed by atoms with Crippen molar-refractivity contribution in [2.24, 2.45) is 0 Å². The molecule has 0 fully saturated rings. The van der Waals surface area contributed by atoms with Crippen molar-refractivity contribution in [3.05, 3.63) is 36.7 Å². The van der Waals surface area contributed by atoms with E-state index in [2.05, 4.69) is 10.1 Å². The van der Waals surface area contributed by atoms with Gasteiger partial charge in [-0.3, -0.25) is 0 Å². The van der Waals surface area contributed by atoms with Crippen LogP contribution in [0.4, 0.5) is 5.00 Å². The normalized spacial score (nSPS) is 10.9. The Kier molecular flexibility index (Phi) is 1.72. The first-order valence-electron chi connectivity index (χ1n) is 4.49. The Labute approximate surface area is 90.0 Å². The highest BCUT2D eigenvalue weighted by Crippen LogP contribution is 2.22. The number of nitrogen functional groups attached to an aromatic ring is 1. The topological polar surface area (TPSA) is 56.7 Å². The van der Waals surface area contributed by atoms with Crippen molar-refractivity contribution in [3.8, 4) is 5.13 Å². The highest BCUT2D eigenvalue weighted by atomic mass is 32.1. The first-order chi connectivity index (χ1) is 7.34. The van der Waals surface area contributed by atoms with E-state index in [-0.39, 0.29) is 0 Å². The van der Waals surface area contributed by atoms with E-state index in [1.54, 1.807) is 10.9 Å². The minimum absolute atomic E-state index is 0.699. The zero-order valence-electron chi connectivity index (χ0n) is 7.79. The summed E-state index contributed by atoms with van der Waals surface area (Å²) in [4.78, 5) is 4.20. The van der Waals surface area contributed by atoms with Crippen LogP contribution in [0, 0.1) is 0 Å². The molecular weight excluding hydrogens is 208 g/mol. The molecule has 0 atom stereocenters. The van der Waals surface area contributed by atoms with E-state index >= 15 is 0 Å². The molecule has 15 heavy (non-hydrogen) atoms. The van der Waals surface area contributed by atoms with Gasteiger partial charge in [-0.05, 0) is 6.07 Å². The second-order valence-electron chi connectivity index (χ2n) is 3.16. The summed E-state index contributed by atoms with van der Waals surface area (Å²) in [7, 11) is 0. The number of nitrogens with two attached hydrogens (primary N) is 1. The van der Waals surface area contributed by atoms with Gasteiger partial charge in [0.15, 0.2) is 0 Å². The molecule has 0 radical (unpaired) electrons. The first kappa shape index (κ1) is 8.43. The van der Waals surface area contributed by atoms with Crippen LogP contribution in [0.1, 0.15) is 0 Å². The Morgan fingerprint density at radius 3 is 2.87 bits per heavy atom. The summed E-state index contributed by atoms with van der Waals surface area (Å²) in [5.41, 5.74) is 6.69. The molecule has 0 aliphatic rings. The second kappa shape index (κ2) is 3.06. The van der Waals surface area contributed by atoms with Crippen LogP contribution >= 0.6 is 11.3 Å². The molecular formula is C10H8N4S. The highest BCUT2D eigenvalue weighted by molar-refractivity contribution is 7.17. The van der Waals surface area contributed by atoms with Crippen LogP contribution in [0.2, 0.25) is 0 Å². The molecule has 0 aliphatic heterocycles. The summed E-state index contributed by atoms with van der Waals surface area (Å²) in [6.07, 6.45) is 3.48. The maximum atomic E-state index is 5.64. The monoisotopic (exact) mass is 216 g/mol. The summed E-state index contributed by atoms with van der Waals surface area (Å²) in [6.45, 7) is 0. The predicted molar refractivity (Wildman–Crippen MR) is 61.2 cm³/mol. The summed E-state index contributed by atoms with van der Waals surface area (Å²) < 4.78 is 1.80. The van der Waals surface area contributed by atoms with Gasteiger partial charge in [0, 0.05) is 5.39 Å². The molecule has 2 aromatic heterocycles. The smallest absolute Gasteiger partial charge is 0.212 e. The van der Waals surface area contributed by atoms with Crippen LogP contribution in [-0.4, -0.2) is 14.8 Å². The van der Waals surface area contributed by atoms with Crippen LogP contribution in [0.3, 0.4) is 0 Å². The molecule has 2 N–H and O–H groups in total. The lowest BCUT2D eigenvalue weighted by Gasteiger charge is -1.96. The van der Waals surface area contributed by atoms with Crippen LogP contribution in [0.25, 0.3) is 16.0 Å². The second-order valence-corrected chi connectivity index (χ2v) is 4.20. The van der Waals surface area contributed by atoms with Crippen molar-refractivity contribution in [2.45, 2.75) is 0 Å². The van der Waals surface area contributed by atoms with E-state index in [0.29, 0.717) is 5.00 Å². The molecule has 0 aliphatic carbocycles. The first-order valence-corrected chi connectivity index (χ1v) is 5.31. The molecule has 0 bridgehead atoms. The predicted octanol–water partition coefficient (Wildman–Crippen LogP) is 2.06. The lowest BCUT2D eigenvalue weighted by atomic mass is 10.3. The number of nitrogens with zero attached hydrogens (tertiary/aromatic N) is 3. The molecule has 0 unspecified atom stereocenters. The Morgan fingerprint density at radius 1 is 1.20 bits per heavy atom. The van der Waals surface area contributed by atoms with Gasteiger partial charge in [0.25, 0.3) is 0 Å². The number of fused-ring (bicyclic) bond motifs is 1. The van der Waals surface area contributed by atoms with Crippen LogP contribution < -0.4 is 5.73 Å². The molecule has 74 valence electrons. The van der Waals surface area contributed by atoms with Gasteiger partial charge in [0.2, 0.25) is 5.13 Å². The fourth-order valence-corrected chi connectivity index (χ4v) is 2.15. The molecule has 2 heterocycles. The number of hydrogen-bond donors (Lipinski definition) is 1. The van der Waals surface area contributed by atoms with Crippen molar-refractivity contribution in [2.75, 3.05) is 5.73 Å². The maximum absolute atomic E-state index is 5.64. The average Bonchev–Trinajstić information content (AvgIpc) is 2.83. The van der Waals surface area contributed by atoms with Gasteiger partial charge in [0.1, 0.15) is 5.00 Å². The van der Waals surface area contributed by atoms with Crippen molar-refractivity contribution in [1.29, 1.82) is 0 Å². The third-order valence-electron chi connectivity index (χ3n) is 2.17. The van der Waals surface area contributed by atoms with Gasteiger partial charge in [-0.2, -0.15) is 5.10 Å². The molecule has 0 spiro atoms. The SMILES string of the molecule is Nc1cnc(-n2ncc3ccccc32)s1. The number of aromatic nitrogens is 3. The molecule has 5 heteroatoms. The number of thiazole rings is 1. The minimum Gasteiger partial charge on any atom is -0.389 e. The largest absolute Gasteiger partial charge is 0.389 e. The van der Waals surface area contributed by atoms with E-state index < -0.39 is 0 Å². The Bertz CT molecular complexity index is 610. The number of anilines is 1. The summed E-state index contributed by atoms with van der Waals surface area (Å²) >= 11 is 1.43. The third-order valence-corrected chi connectivity index (χ3v) is 2.97. The van der Waals surface area contributed by atoms with Crippen LogP contribution in [0.5, 0.6) is 0 Å². The van der Waals surface area contributed by atoms with Crippen LogP contribution in [0.15, 0.2) is 36.7 Å². The van der Waals surface area contributed by atoms with E-state index in [4.69, 9.17) is 5.73 Å². The average molecular weight is 216 g/mol. The summed E-state index contributed by atoms with van der Waals surface area (Å²) in [6, 6.07) is 8.01. The summed E-state index contributed by atoms with van der Waals surface area (Å²) in [5, 5.41) is 6.89. The van der Waals surface area contributed by atoms with E-state index in [0.717, 1.165) is 16.0 Å². The minimum atomic E-state index is 0.699. The van der Waals surface area contributed by atoms with Gasteiger partial charge in [-0.25, -0.2) is 9.67 Å². The number of rotatable bonds is 1. The van der Waals surface area contributed by atoms with Crippen molar-refractivity contribution in [1.82, 2.24) is 14.8 Å². The Morgan fingerprint density at radius 2 is 2.07 bits per heavy atom. The highest BCUT2D eigenvalue weighted by Gasteiger charge is 2.06. The Balaban J connectivity index is 2.27.